The minimum Gasteiger partial charge on any atom is -0.453 e. The average Bonchev–Trinajstić information content (AvgIpc) is 3.18. The van der Waals surface area contributed by atoms with Crippen molar-refractivity contribution in [1.82, 2.24) is 3.97 Å². The Labute approximate surface area is 195 Å². The lowest BCUT2D eigenvalue weighted by molar-refractivity contribution is 0.445. The Hall–Kier alpha value is -3.47. The van der Waals surface area contributed by atoms with Crippen LogP contribution in [0.1, 0.15) is 11.1 Å². The predicted molar refractivity (Wildman–Crippen MR) is 126 cm³/mol. The summed E-state index contributed by atoms with van der Waals surface area (Å²) in [5.41, 5.74) is 0.581. The van der Waals surface area contributed by atoms with E-state index in [0.717, 1.165) is 27.7 Å². The molecule has 0 N–H and O–H groups in total. The van der Waals surface area contributed by atoms with Crippen LogP contribution in [0.15, 0.2) is 65.7 Å². The minimum absolute atomic E-state index is 0.00108. The van der Waals surface area contributed by atoms with Gasteiger partial charge in [-0.1, -0.05) is 17.7 Å². The van der Waals surface area contributed by atoms with E-state index in [0.29, 0.717) is 0 Å². The van der Waals surface area contributed by atoms with E-state index < -0.39 is 28.8 Å². The van der Waals surface area contributed by atoms with E-state index in [1.165, 1.54) is 43.8 Å². The Morgan fingerprint density at radius 2 is 1.68 bits per heavy atom. The first-order valence-corrected chi connectivity index (χ1v) is 14.1. The molecule has 3 aromatic carbocycles. The number of aromatic nitrogens is 1. The molecule has 1 aromatic heterocycles. The zero-order valence-electron chi connectivity index (χ0n) is 18.4. The fourth-order valence-electron chi connectivity index (χ4n) is 3.63. The predicted octanol–water partition coefficient (Wildman–Crippen LogP) is 5.38. The van der Waals surface area contributed by atoms with Gasteiger partial charge in [0.15, 0.2) is 11.6 Å². The van der Waals surface area contributed by atoms with E-state index in [4.69, 9.17) is 10.00 Å². The van der Waals surface area contributed by atoms with Crippen LogP contribution in [-0.2, 0) is 14.6 Å². The van der Waals surface area contributed by atoms with Crippen LogP contribution in [0.3, 0.4) is 0 Å². The topological polar surface area (TPSA) is 89.2 Å². The Kier molecular flexibility index (Phi) is 5.84. The second-order valence-corrected chi connectivity index (χ2v) is 13.1. The molecule has 34 heavy (non-hydrogen) atoms. The van der Waals surface area contributed by atoms with Crippen molar-refractivity contribution in [3.05, 3.63) is 83.6 Å². The molecule has 0 aliphatic carbocycles. The Balaban J connectivity index is 1.94. The number of hydrogen-bond donors (Lipinski definition) is 0. The van der Waals surface area contributed by atoms with Crippen molar-refractivity contribution in [2.45, 2.75) is 11.8 Å². The highest BCUT2D eigenvalue weighted by Gasteiger charge is 2.29. The van der Waals surface area contributed by atoms with Crippen LogP contribution in [0.25, 0.3) is 10.9 Å². The van der Waals surface area contributed by atoms with Crippen molar-refractivity contribution < 1.29 is 26.5 Å². The summed E-state index contributed by atoms with van der Waals surface area (Å²) in [6.07, 6.45) is 1.27. The van der Waals surface area contributed by atoms with Crippen LogP contribution in [0.2, 0.25) is 0 Å². The summed E-state index contributed by atoms with van der Waals surface area (Å²) in [7, 11) is -7.28. The van der Waals surface area contributed by atoms with Crippen LogP contribution in [0.5, 0.6) is 11.5 Å². The summed E-state index contributed by atoms with van der Waals surface area (Å²) in [6, 6.07) is 13.6. The molecule has 0 spiro atoms. The van der Waals surface area contributed by atoms with Gasteiger partial charge in [-0.3, -0.25) is 0 Å². The van der Waals surface area contributed by atoms with Gasteiger partial charge in [-0.2, -0.15) is 5.26 Å². The molecule has 0 bridgehead atoms. The Morgan fingerprint density at radius 1 is 1.00 bits per heavy atom. The van der Waals surface area contributed by atoms with Crippen molar-refractivity contribution in [3.63, 3.8) is 0 Å². The lowest BCUT2D eigenvalue weighted by Crippen LogP contribution is -2.15. The standard InChI is InChI=1S/C24H19F2N2O4PS/c1-15-4-7-18(8-5-15)34(30,31)28-11-10-19-22(28)13-21(26)23(24(19)33(2,3)29)32-17-6-9-20(25)16(12-17)14-27/h4-13H,1-3H3. The number of rotatable bonds is 5. The highest BCUT2D eigenvalue weighted by Crippen LogP contribution is 2.44. The van der Waals surface area contributed by atoms with E-state index >= 15 is 4.39 Å². The molecule has 174 valence electrons. The summed E-state index contributed by atoms with van der Waals surface area (Å²) in [5.74, 6) is -2.12. The van der Waals surface area contributed by atoms with Gasteiger partial charge in [0.25, 0.3) is 10.0 Å². The molecule has 0 radical (unpaired) electrons. The van der Waals surface area contributed by atoms with Crippen LogP contribution in [0, 0.1) is 29.9 Å². The second kappa shape index (κ2) is 8.39. The van der Waals surface area contributed by atoms with Gasteiger partial charge in [0, 0.05) is 23.7 Å². The maximum absolute atomic E-state index is 15.4. The number of nitrogens with zero attached hydrogens (tertiary/aromatic N) is 2. The number of aryl methyl sites for hydroxylation is 1. The highest BCUT2D eigenvalue weighted by molar-refractivity contribution is 7.90. The second-order valence-electron chi connectivity index (χ2n) is 8.10. The lowest BCUT2D eigenvalue weighted by Gasteiger charge is -2.17. The molecule has 0 saturated heterocycles. The van der Waals surface area contributed by atoms with Gasteiger partial charge in [0.2, 0.25) is 0 Å². The van der Waals surface area contributed by atoms with Crippen molar-refractivity contribution >= 4 is 33.4 Å². The molecule has 0 aliphatic heterocycles. The van der Waals surface area contributed by atoms with E-state index in [-0.39, 0.29) is 38.2 Å². The first kappa shape index (κ1) is 23.7. The first-order chi connectivity index (χ1) is 15.9. The summed E-state index contributed by atoms with van der Waals surface area (Å²) in [5, 5.41) is 9.29. The molecule has 4 aromatic rings. The Morgan fingerprint density at radius 3 is 2.29 bits per heavy atom. The van der Waals surface area contributed by atoms with Crippen molar-refractivity contribution in [1.29, 1.82) is 5.26 Å². The van der Waals surface area contributed by atoms with Crippen molar-refractivity contribution in [2.75, 3.05) is 13.3 Å². The molecule has 0 atom stereocenters. The zero-order chi connectivity index (χ0) is 24.8. The van der Waals surface area contributed by atoms with Crippen LogP contribution >= 0.6 is 7.14 Å². The van der Waals surface area contributed by atoms with Gasteiger partial charge in [-0.15, -0.1) is 0 Å². The van der Waals surface area contributed by atoms with E-state index in [1.54, 1.807) is 18.2 Å². The number of ether oxygens (including phenoxy) is 1. The highest BCUT2D eigenvalue weighted by atomic mass is 32.2. The first-order valence-electron chi connectivity index (χ1n) is 10.0. The number of hydrogen-bond acceptors (Lipinski definition) is 5. The fourth-order valence-corrected chi connectivity index (χ4v) is 6.37. The number of fused-ring (bicyclic) bond motifs is 1. The number of benzene rings is 3. The molecule has 0 fully saturated rings. The molecule has 0 aliphatic rings. The van der Waals surface area contributed by atoms with E-state index in [2.05, 4.69) is 0 Å². The maximum Gasteiger partial charge on any atom is 0.268 e. The molecular weight excluding hydrogens is 481 g/mol. The van der Waals surface area contributed by atoms with Gasteiger partial charge < -0.3 is 9.30 Å². The third-order valence-electron chi connectivity index (χ3n) is 5.24. The molecule has 0 unspecified atom stereocenters. The fraction of sp³-hybridized carbons (Fsp3) is 0.125. The van der Waals surface area contributed by atoms with E-state index in [9.17, 15) is 17.4 Å². The van der Waals surface area contributed by atoms with Crippen molar-refractivity contribution in [3.8, 4) is 17.6 Å². The SMILES string of the molecule is Cc1ccc(S(=O)(=O)n2ccc3c(P(C)(C)=O)c(Oc4ccc(F)c(C#N)c4)c(F)cc32)cc1. The molecule has 6 nitrogen and oxygen atoms in total. The molecule has 0 amide bonds. The monoisotopic (exact) mass is 500 g/mol. The van der Waals surface area contributed by atoms with Crippen LogP contribution in [0.4, 0.5) is 8.78 Å². The molecule has 0 saturated carbocycles. The quantitative estimate of drug-likeness (QED) is 0.344. The normalized spacial score (nSPS) is 12.0. The van der Waals surface area contributed by atoms with Gasteiger partial charge in [0.05, 0.1) is 21.3 Å². The third-order valence-corrected chi connectivity index (χ3v) is 8.46. The number of nitriles is 1. The molecule has 1 heterocycles. The van der Waals surface area contributed by atoms with Crippen LogP contribution < -0.4 is 10.0 Å². The van der Waals surface area contributed by atoms with E-state index in [1.807, 2.05) is 6.92 Å². The largest absolute Gasteiger partial charge is 0.453 e. The average molecular weight is 500 g/mol. The van der Waals surface area contributed by atoms with Crippen molar-refractivity contribution in [2.24, 2.45) is 0 Å². The minimum atomic E-state index is -4.06. The molecule has 4 rings (SSSR count). The molecule has 10 heteroatoms. The molecular formula is C24H19F2N2O4PS. The van der Waals surface area contributed by atoms with Gasteiger partial charge in [0.1, 0.15) is 24.8 Å². The maximum atomic E-state index is 15.4. The van der Waals surface area contributed by atoms with Gasteiger partial charge >= 0.3 is 0 Å². The summed E-state index contributed by atoms with van der Waals surface area (Å²) in [4.78, 5) is 0.0180. The summed E-state index contributed by atoms with van der Waals surface area (Å²) in [6.45, 7) is 4.64. The Bertz CT molecular complexity index is 1630. The summed E-state index contributed by atoms with van der Waals surface area (Å²) >= 11 is 0. The van der Waals surface area contributed by atoms with Gasteiger partial charge in [-0.25, -0.2) is 21.2 Å². The lowest BCUT2D eigenvalue weighted by atomic mass is 10.2. The van der Waals surface area contributed by atoms with Gasteiger partial charge in [-0.05, 0) is 50.6 Å². The number of halogens is 2. The van der Waals surface area contributed by atoms with Crippen LogP contribution in [-0.4, -0.2) is 25.7 Å². The summed E-state index contributed by atoms with van der Waals surface area (Å²) < 4.78 is 75.3. The third kappa shape index (κ3) is 4.11. The zero-order valence-corrected chi connectivity index (χ0v) is 20.1. The smallest absolute Gasteiger partial charge is 0.268 e.